The molecule has 6 heteroatoms. The second-order valence-electron chi connectivity index (χ2n) is 9.26. The van der Waals surface area contributed by atoms with E-state index in [4.69, 9.17) is 4.74 Å². The van der Waals surface area contributed by atoms with Crippen LogP contribution in [0.2, 0.25) is 0 Å². The Balaban J connectivity index is 1.46. The van der Waals surface area contributed by atoms with Crippen molar-refractivity contribution < 1.29 is 9.84 Å². The molecule has 33 heavy (non-hydrogen) atoms. The normalized spacial score (nSPS) is 17.4. The molecule has 3 aromatic rings. The summed E-state index contributed by atoms with van der Waals surface area (Å²) >= 11 is 0. The van der Waals surface area contributed by atoms with Gasteiger partial charge in [-0.1, -0.05) is 29.8 Å². The lowest BCUT2D eigenvalue weighted by Gasteiger charge is -2.41. The number of hydrogen-bond donors (Lipinski definition) is 2. The molecule has 0 radical (unpaired) electrons. The first-order valence-corrected chi connectivity index (χ1v) is 11.8. The number of nitrogens with zero attached hydrogens (tertiary/aromatic N) is 3. The van der Waals surface area contributed by atoms with Crippen LogP contribution >= 0.6 is 0 Å². The van der Waals surface area contributed by atoms with E-state index in [1.807, 2.05) is 6.20 Å². The standard InChI is InChI=1S/C27H36N4O2/c1-19-5-6-20(2)25(13-19)27-23(15-28-29-27)17-30-10-11-31(24(18-30)9-12-32)16-22-7-8-26(33-4)21(3)14-22/h5-8,13-15,24,32H,9-12,16-18H2,1-4H3,(H,28,29)/t24-/m0/s1. The zero-order valence-corrected chi connectivity index (χ0v) is 20.3. The Labute approximate surface area is 197 Å². The summed E-state index contributed by atoms with van der Waals surface area (Å²) < 4.78 is 5.41. The lowest BCUT2D eigenvalue weighted by molar-refractivity contribution is 0.0500. The van der Waals surface area contributed by atoms with Gasteiger partial charge in [0.25, 0.3) is 0 Å². The van der Waals surface area contributed by atoms with Gasteiger partial charge in [0.1, 0.15) is 5.75 Å². The van der Waals surface area contributed by atoms with Gasteiger partial charge in [0, 0.05) is 56.5 Å². The van der Waals surface area contributed by atoms with E-state index >= 15 is 0 Å². The van der Waals surface area contributed by atoms with Crippen LogP contribution < -0.4 is 4.74 Å². The van der Waals surface area contributed by atoms with Gasteiger partial charge in [0.15, 0.2) is 0 Å². The van der Waals surface area contributed by atoms with E-state index in [-0.39, 0.29) is 6.61 Å². The zero-order chi connectivity index (χ0) is 23.4. The van der Waals surface area contributed by atoms with Crippen LogP contribution in [0.5, 0.6) is 5.75 Å². The molecule has 2 N–H and O–H groups in total. The average molecular weight is 449 g/mol. The van der Waals surface area contributed by atoms with Gasteiger partial charge >= 0.3 is 0 Å². The maximum Gasteiger partial charge on any atom is 0.121 e. The van der Waals surface area contributed by atoms with Gasteiger partial charge in [-0.3, -0.25) is 14.9 Å². The molecule has 0 bridgehead atoms. The van der Waals surface area contributed by atoms with Crippen LogP contribution in [0.15, 0.2) is 42.6 Å². The Morgan fingerprint density at radius 3 is 2.67 bits per heavy atom. The highest BCUT2D eigenvalue weighted by atomic mass is 16.5. The van der Waals surface area contributed by atoms with Crippen molar-refractivity contribution in [3.8, 4) is 17.0 Å². The maximum absolute atomic E-state index is 9.73. The van der Waals surface area contributed by atoms with E-state index in [0.29, 0.717) is 6.04 Å². The van der Waals surface area contributed by atoms with Crippen molar-refractivity contribution >= 4 is 0 Å². The van der Waals surface area contributed by atoms with Crippen LogP contribution in [-0.4, -0.2) is 64.5 Å². The molecule has 4 rings (SSSR count). The highest BCUT2D eigenvalue weighted by Crippen LogP contribution is 2.28. The average Bonchev–Trinajstić information content (AvgIpc) is 3.25. The summed E-state index contributed by atoms with van der Waals surface area (Å²) in [5, 5.41) is 17.3. The molecule has 6 nitrogen and oxygen atoms in total. The number of benzene rings is 2. The molecule has 1 aliphatic rings. The molecular weight excluding hydrogens is 412 g/mol. The first-order chi connectivity index (χ1) is 16.0. The Kier molecular flexibility index (Phi) is 7.48. The third-order valence-corrected chi connectivity index (χ3v) is 6.77. The minimum Gasteiger partial charge on any atom is -0.496 e. The third kappa shape index (κ3) is 5.46. The molecular formula is C27H36N4O2. The SMILES string of the molecule is COc1ccc(CN2CCN(Cc3cn[nH]c3-c3cc(C)ccc3C)C[C@@H]2CCO)cc1C. The molecule has 1 saturated heterocycles. The number of nitrogens with one attached hydrogen (secondary N) is 1. The summed E-state index contributed by atoms with van der Waals surface area (Å²) in [5.74, 6) is 0.926. The molecule has 0 unspecified atom stereocenters. The molecule has 2 aromatic carbocycles. The minimum absolute atomic E-state index is 0.204. The van der Waals surface area contributed by atoms with Crippen molar-refractivity contribution in [2.75, 3.05) is 33.4 Å². The Morgan fingerprint density at radius 1 is 1.06 bits per heavy atom. The molecule has 1 atom stereocenters. The van der Waals surface area contributed by atoms with Crippen molar-refractivity contribution in [1.29, 1.82) is 0 Å². The number of ether oxygens (including phenoxy) is 1. The van der Waals surface area contributed by atoms with E-state index in [0.717, 1.165) is 56.2 Å². The van der Waals surface area contributed by atoms with Crippen LogP contribution in [0.25, 0.3) is 11.3 Å². The van der Waals surface area contributed by atoms with E-state index in [9.17, 15) is 5.11 Å². The van der Waals surface area contributed by atoms with Crippen molar-refractivity contribution in [1.82, 2.24) is 20.0 Å². The van der Waals surface area contributed by atoms with Gasteiger partial charge in [-0.15, -0.1) is 0 Å². The lowest BCUT2D eigenvalue weighted by atomic mass is 9.99. The lowest BCUT2D eigenvalue weighted by Crippen LogP contribution is -2.52. The molecule has 0 aliphatic carbocycles. The summed E-state index contributed by atoms with van der Waals surface area (Å²) in [7, 11) is 1.71. The largest absolute Gasteiger partial charge is 0.496 e. The number of rotatable bonds is 8. The van der Waals surface area contributed by atoms with Gasteiger partial charge in [-0.25, -0.2) is 0 Å². The number of aliphatic hydroxyl groups excluding tert-OH is 1. The molecule has 176 valence electrons. The molecule has 0 amide bonds. The second kappa shape index (κ2) is 10.5. The van der Waals surface area contributed by atoms with Gasteiger partial charge in [0.2, 0.25) is 0 Å². The van der Waals surface area contributed by atoms with Crippen molar-refractivity contribution in [3.63, 3.8) is 0 Å². The van der Waals surface area contributed by atoms with Crippen LogP contribution in [0.3, 0.4) is 0 Å². The Morgan fingerprint density at radius 2 is 1.91 bits per heavy atom. The van der Waals surface area contributed by atoms with Crippen LogP contribution in [0, 0.1) is 20.8 Å². The molecule has 2 heterocycles. The van der Waals surface area contributed by atoms with E-state index in [2.05, 4.69) is 77.2 Å². The van der Waals surface area contributed by atoms with Crippen molar-refractivity contribution in [2.24, 2.45) is 0 Å². The molecule has 0 spiro atoms. The predicted molar refractivity (Wildman–Crippen MR) is 132 cm³/mol. The number of aromatic nitrogens is 2. The second-order valence-corrected chi connectivity index (χ2v) is 9.26. The van der Waals surface area contributed by atoms with E-state index < -0.39 is 0 Å². The summed E-state index contributed by atoms with van der Waals surface area (Å²) in [5.41, 5.74) is 8.52. The fraction of sp³-hybridized carbons (Fsp3) is 0.444. The number of methoxy groups -OCH3 is 1. The van der Waals surface area contributed by atoms with Crippen LogP contribution in [0.4, 0.5) is 0 Å². The number of piperazine rings is 1. The maximum atomic E-state index is 9.73. The molecule has 1 fully saturated rings. The first kappa shape index (κ1) is 23.5. The van der Waals surface area contributed by atoms with Gasteiger partial charge in [-0.05, 0) is 56.0 Å². The van der Waals surface area contributed by atoms with Crippen LogP contribution in [-0.2, 0) is 13.1 Å². The highest BCUT2D eigenvalue weighted by molar-refractivity contribution is 5.67. The summed E-state index contributed by atoms with van der Waals surface area (Å²) in [6.07, 6.45) is 2.74. The fourth-order valence-electron chi connectivity index (χ4n) is 4.92. The Hall–Kier alpha value is -2.67. The Bertz CT molecular complexity index is 1080. The zero-order valence-electron chi connectivity index (χ0n) is 20.3. The quantitative estimate of drug-likeness (QED) is 0.544. The smallest absolute Gasteiger partial charge is 0.121 e. The highest BCUT2D eigenvalue weighted by Gasteiger charge is 2.27. The number of H-pyrrole nitrogens is 1. The topological polar surface area (TPSA) is 64.6 Å². The monoisotopic (exact) mass is 448 g/mol. The summed E-state index contributed by atoms with van der Waals surface area (Å²) in [6.45, 7) is 11.2. The van der Waals surface area contributed by atoms with Crippen molar-refractivity contribution in [2.45, 2.75) is 46.3 Å². The predicted octanol–water partition coefficient (Wildman–Crippen LogP) is 4.08. The van der Waals surface area contributed by atoms with Crippen molar-refractivity contribution in [3.05, 3.63) is 70.4 Å². The third-order valence-electron chi connectivity index (χ3n) is 6.77. The summed E-state index contributed by atoms with van der Waals surface area (Å²) in [6, 6.07) is 13.3. The number of aliphatic hydroxyl groups is 1. The summed E-state index contributed by atoms with van der Waals surface area (Å²) in [4.78, 5) is 5.00. The van der Waals surface area contributed by atoms with E-state index in [1.54, 1.807) is 7.11 Å². The molecule has 1 aromatic heterocycles. The molecule has 0 saturated carbocycles. The van der Waals surface area contributed by atoms with Gasteiger partial charge < -0.3 is 9.84 Å². The van der Waals surface area contributed by atoms with E-state index in [1.165, 1.54) is 27.8 Å². The van der Waals surface area contributed by atoms with Gasteiger partial charge in [0.05, 0.1) is 19.0 Å². The molecule has 1 aliphatic heterocycles. The number of hydrogen-bond acceptors (Lipinski definition) is 5. The minimum atomic E-state index is 0.204. The fourth-order valence-corrected chi connectivity index (χ4v) is 4.92. The number of aromatic amines is 1. The van der Waals surface area contributed by atoms with Crippen LogP contribution in [0.1, 0.15) is 34.2 Å². The van der Waals surface area contributed by atoms with Gasteiger partial charge in [-0.2, -0.15) is 5.10 Å². The number of aryl methyl sites for hydroxylation is 3. The first-order valence-electron chi connectivity index (χ1n) is 11.8.